The molecule has 1 aromatic carbocycles. The maximum absolute atomic E-state index is 12.7. The van der Waals surface area contributed by atoms with Gasteiger partial charge in [0.2, 0.25) is 0 Å². The summed E-state index contributed by atoms with van der Waals surface area (Å²) in [6.45, 7) is 1.58. The molecule has 5 nitrogen and oxygen atoms in total. The molecule has 0 atom stereocenters. The van der Waals surface area contributed by atoms with E-state index in [1.165, 1.54) is 35.3 Å². The topological polar surface area (TPSA) is 63.2 Å². The second kappa shape index (κ2) is 8.05. The average molecular weight is 394 g/mol. The van der Waals surface area contributed by atoms with Crippen molar-refractivity contribution in [3.8, 4) is 11.3 Å². The molecule has 1 aromatic heterocycles. The summed E-state index contributed by atoms with van der Waals surface area (Å²) in [5.41, 5.74) is 4.20. The highest BCUT2D eigenvalue weighted by Crippen LogP contribution is 2.31. The summed E-state index contributed by atoms with van der Waals surface area (Å²) >= 11 is 1.46. The maximum atomic E-state index is 12.7. The van der Waals surface area contributed by atoms with Crippen molar-refractivity contribution in [2.45, 2.75) is 37.7 Å². The molecule has 0 spiro atoms. The molecule has 2 aromatic rings. The fourth-order valence-corrected chi connectivity index (χ4v) is 4.48. The number of benzene rings is 1. The number of aromatic nitrogens is 1. The van der Waals surface area contributed by atoms with Gasteiger partial charge in [-0.2, -0.15) is 0 Å². The van der Waals surface area contributed by atoms with E-state index in [0.717, 1.165) is 30.8 Å². The summed E-state index contributed by atoms with van der Waals surface area (Å²) in [6, 6.07) is 6.59. The monoisotopic (exact) mass is 393 g/mol. The van der Waals surface area contributed by atoms with Crippen molar-refractivity contribution in [3.63, 3.8) is 0 Å². The molecule has 0 unspecified atom stereocenters. The first-order valence-corrected chi connectivity index (χ1v) is 9.73. The van der Waals surface area contributed by atoms with Crippen molar-refractivity contribution in [2.75, 3.05) is 25.5 Å². The van der Waals surface area contributed by atoms with Gasteiger partial charge in [-0.3, -0.25) is 10.1 Å². The van der Waals surface area contributed by atoms with Crippen molar-refractivity contribution in [2.24, 2.45) is 0 Å². The fraction of sp³-hybridized carbons (Fsp3) is 0.474. The first-order chi connectivity index (χ1) is 12.2. The number of aryl methyl sites for hydroxylation is 2. The number of carbonyl (C=O) groups excluding carboxylic acids is 1. The van der Waals surface area contributed by atoms with Gasteiger partial charge in [0, 0.05) is 18.1 Å². The molecule has 2 N–H and O–H groups in total. The third kappa shape index (κ3) is 3.64. The van der Waals surface area contributed by atoms with Gasteiger partial charge >= 0.3 is 0 Å². The predicted octanol–water partition coefficient (Wildman–Crippen LogP) is 3.43. The number of methoxy groups -OCH3 is 1. The van der Waals surface area contributed by atoms with Gasteiger partial charge in [0.05, 0.1) is 5.69 Å². The van der Waals surface area contributed by atoms with Gasteiger partial charge in [-0.15, -0.1) is 23.7 Å². The quantitative estimate of drug-likeness (QED) is 0.835. The van der Waals surface area contributed by atoms with Crippen LogP contribution in [-0.4, -0.2) is 36.7 Å². The number of halogens is 1. The highest BCUT2D eigenvalue weighted by molar-refractivity contribution is 7.14. The number of piperidine rings is 1. The van der Waals surface area contributed by atoms with E-state index in [-0.39, 0.29) is 18.3 Å². The summed E-state index contributed by atoms with van der Waals surface area (Å²) in [4.78, 5) is 17.3. The Hall–Kier alpha value is -1.47. The zero-order valence-corrected chi connectivity index (χ0v) is 16.5. The Morgan fingerprint density at radius 3 is 2.81 bits per heavy atom. The lowest BCUT2D eigenvalue weighted by molar-refractivity contribution is -0.140. The van der Waals surface area contributed by atoms with Crippen molar-refractivity contribution in [3.05, 3.63) is 34.7 Å². The van der Waals surface area contributed by atoms with Crippen LogP contribution >= 0.6 is 23.7 Å². The van der Waals surface area contributed by atoms with Crippen LogP contribution in [0, 0.1) is 0 Å². The second-order valence-electron chi connectivity index (χ2n) is 6.78. The summed E-state index contributed by atoms with van der Waals surface area (Å²) < 4.78 is 5.58. The molecular formula is C19H24ClN3O2S. The molecule has 1 aliphatic heterocycles. The second-order valence-corrected chi connectivity index (χ2v) is 7.64. The molecular weight excluding hydrogens is 370 g/mol. The number of nitrogens with zero attached hydrogens (tertiary/aromatic N) is 1. The SMILES string of the molecule is COC1(C(=O)Nc2nc(-c3ccc4c(c3)CCC4)cs2)CCNCC1.Cl. The lowest BCUT2D eigenvalue weighted by Gasteiger charge is -2.34. The van der Waals surface area contributed by atoms with Gasteiger partial charge in [-0.25, -0.2) is 4.98 Å². The molecule has 0 bridgehead atoms. The normalized spacial score (nSPS) is 18.0. The van der Waals surface area contributed by atoms with E-state index < -0.39 is 5.60 Å². The summed E-state index contributed by atoms with van der Waals surface area (Å²) in [5, 5.41) is 8.87. The Morgan fingerprint density at radius 2 is 2.04 bits per heavy atom. The van der Waals surface area contributed by atoms with Crippen LogP contribution in [0.1, 0.15) is 30.4 Å². The van der Waals surface area contributed by atoms with Crippen LogP contribution in [0.2, 0.25) is 0 Å². The van der Waals surface area contributed by atoms with Crippen molar-refractivity contribution in [1.29, 1.82) is 0 Å². The Labute approximate surface area is 164 Å². The maximum Gasteiger partial charge on any atom is 0.258 e. The molecule has 0 radical (unpaired) electrons. The minimum atomic E-state index is -0.745. The Bertz CT molecular complexity index is 787. The van der Waals surface area contributed by atoms with Crippen LogP contribution in [0.5, 0.6) is 0 Å². The molecule has 2 aliphatic rings. The van der Waals surface area contributed by atoms with Crippen LogP contribution < -0.4 is 10.6 Å². The number of anilines is 1. The van der Waals surface area contributed by atoms with Gasteiger partial charge < -0.3 is 10.1 Å². The highest BCUT2D eigenvalue weighted by Gasteiger charge is 2.40. The number of nitrogens with one attached hydrogen (secondary N) is 2. The van der Waals surface area contributed by atoms with Crippen molar-refractivity contribution in [1.82, 2.24) is 10.3 Å². The van der Waals surface area contributed by atoms with E-state index in [4.69, 9.17) is 4.74 Å². The van der Waals surface area contributed by atoms with Gasteiger partial charge in [0.25, 0.3) is 5.91 Å². The number of amides is 1. The van der Waals surface area contributed by atoms with E-state index in [1.807, 2.05) is 5.38 Å². The third-order valence-corrected chi connectivity index (χ3v) is 6.09. The van der Waals surface area contributed by atoms with Gasteiger partial charge in [0.15, 0.2) is 5.13 Å². The average Bonchev–Trinajstić information content (AvgIpc) is 3.30. The lowest BCUT2D eigenvalue weighted by Crippen LogP contribution is -2.51. The molecule has 1 saturated heterocycles. The minimum absolute atomic E-state index is 0. The van der Waals surface area contributed by atoms with E-state index in [9.17, 15) is 4.79 Å². The third-order valence-electron chi connectivity index (χ3n) is 5.33. The molecule has 7 heteroatoms. The number of thiazole rings is 1. The number of fused-ring (bicyclic) bond motifs is 1. The van der Waals surface area contributed by atoms with Crippen molar-refractivity contribution < 1.29 is 9.53 Å². The van der Waals surface area contributed by atoms with Crippen LogP contribution in [0.3, 0.4) is 0 Å². The molecule has 0 saturated carbocycles. The predicted molar refractivity (Wildman–Crippen MR) is 107 cm³/mol. The van der Waals surface area contributed by atoms with Crippen molar-refractivity contribution >= 4 is 34.8 Å². The minimum Gasteiger partial charge on any atom is -0.368 e. The Balaban J connectivity index is 0.00000196. The van der Waals surface area contributed by atoms with Crippen LogP contribution in [0.15, 0.2) is 23.6 Å². The Kier molecular flexibility index (Phi) is 5.97. The number of hydrogen-bond acceptors (Lipinski definition) is 5. The molecule has 4 rings (SSSR count). The number of ether oxygens (including phenoxy) is 1. The standard InChI is InChI=1S/C19H23N3O2S.ClH/c1-24-19(7-9-20-10-8-19)17(23)22-18-21-16(12-25-18)15-6-5-13-3-2-4-14(13)11-15;/h5-6,11-12,20H,2-4,7-10H2,1H3,(H,21,22,23);1H. The van der Waals surface area contributed by atoms with Crippen LogP contribution in [0.4, 0.5) is 5.13 Å². The fourth-order valence-electron chi connectivity index (χ4n) is 3.76. The first-order valence-electron chi connectivity index (χ1n) is 8.85. The zero-order chi connectivity index (χ0) is 17.3. The van der Waals surface area contributed by atoms with E-state index >= 15 is 0 Å². The van der Waals surface area contributed by atoms with E-state index in [0.29, 0.717) is 18.0 Å². The largest absolute Gasteiger partial charge is 0.368 e. The summed E-state index contributed by atoms with van der Waals surface area (Å²) in [7, 11) is 1.61. The number of carbonyl (C=O) groups is 1. The number of hydrogen-bond donors (Lipinski definition) is 2. The van der Waals surface area contributed by atoms with E-state index in [1.54, 1.807) is 7.11 Å². The van der Waals surface area contributed by atoms with Crippen LogP contribution in [-0.2, 0) is 22.4 Å². The Morgan fingerprint density at radius 1 is 1.27 bits per heavy atom. The molecule has 140 valence electrons. The molecule has 2 heterocycles. The van der Waals surface area contributed by atoms with E-state index in [2.05, 4.69) is 33.8 Å². The summed E-state index contributed by atoms with van der Waals surface area (Å²) in [6.07, 6.45) is 4.94. The van der Waals surface area contributed by atoms with Crippen LogP contribution in [0.25, 0.3) is 11.3 Å². The van der Waals surface area contributed by atoms with Gasteiger partial charge in [-0.1, -0.05) is 12.1 Å². The molecule has 1 amide bonds. The van der Waals surface area contributed by atoms with Gasteiger partial charge in [-0.05, 0) is 62.4 Å². The van der Waals surface area contributed by atoms with Gasteiger partial charge in [0.1, 0.15) is 5.60 Å². The first kappa shape index (κ1) is 19.3. The number of rotatable bonds is 4. The molecule has 1 aliphatic carbocycles. The molecule has 26 heavy (non-hydrogen) atoms. The summed E-state index contributed by atoms with van der Waals surface area (Å²) in [5.74, 6) is -0.0913. The highest BCUT2D eigenvalue weighted by atomic mass is 35.5. The molecule has 1 fully saturated rings. The lowest BCUT2D eigenvalue weighted by atomic mass is 9.91. The smallest absolute Gasteiger partial charge is 0.258 e. The zero-order valence-electron chi connectivity index (χ0n) is 14.8.